The molecule has 2 aromatic rings. The van der Waals surface area contributed by atoms with E-state index in [1.54, 1.807) is 18.2 Å². The molecule has 0 aliphatic carbocycles. The number of hydrogen-bond donors (Lipinski definition) is 0. The number of halogens is 4. The molecule has 0 aromatic heterocycles. The Bertz CT molecular complexity index is 641. The van der Waals surface area contributed by atoms with Gasteiger partial charge in [-0.1, -0.05) is 40.9 Å². The average molecular weight is 318 g/mol. The van der Waals surface area contributed by atoms with Gasteiger partial charge in [0.05, 0.1) is 5.56 Å². The maximum absolute atomic E-state index is 13.6. The first-order chi connectivity index (χ1) is 8.97. The second-order valence-electron chi connectivity index (χ2n) is 3.96. The smallest absolute Gasteiger partial charge is 0.170 e. The maximum atomic E-state index is 13.6. The minimum atomic E-state index is -0.598. The minimum Gasteiger partial charge on any atom is -0.294 e. The van der Waals surface area contributed by atoms with Crippen molar-refractivity contribution in [3.05, 3.63) is 68.4 Å². The van der Waals surface area contributed by atoms with Gasteiger partial charge in [0.25, 0.3) is 0 Å². The Hall–Kier alpha value is -1.09. The molecule has 2 rings (SSSR count). The average Bonchev–Trinajstić information content (AvgIpc) is 2.35. The van der Waals surface area contributed by atoms with Crippen LogP contribution in [0.5, 0.6) is 0 Å². The molecule has 0 amide bonds. The molecule has 0 aliphatic heterocycles. The van der Waals surface area contributed by atoms with Crippen molar-refractivity contribution in [3.63, 3.8) is 0 Å². The van der Waals surface area contributed by atoms with E-state index in [2.05, 4.69) is 0 Å². The molecule has 0 spiro atoms. The quantitative estimate of drug-likeness (QED) is 0.710. The van der Waals surface area contributed by atoms with Gasteiger partial charge < -0.3 is 0 Å². The van der Waals surface area contributed by atoms with Crippen LogP contribution in [0.25, 0.3) is 0 Å². The number of ketones is 1. The zero-order valence-electron chi connectivity index (χ0n) is 9.59. The van der Waals surface area contributed by atoms with Crippen LogP contribution < -0.4 is 0 Å². The van der Waals surface area contributed by atoms with Crippen LogP contribution in [0.2, 0.25) is 15.1 Å². The summed E-state index contributed by atoms with van der Waals surface area (Å²) in [6.45, 7) is 0. The molecule has 0 aliphatic rings. The first-order valence-corrected chi connectivity index (χ1v) is 6.53. The van der Waals surface area contributed by atoms with E-state index < -0.39 is 5.82 Å². The minimum absolute atomic E-state index is 0.00668. The van der Waals surface area contributed by atoms with Crippen LogP contribution in [0, 0.1) is 5.82 Å². The van der Waals surface area contributed by atoms with Gasteiger partial charge in [-0.05, 0) is 35.9 Å². The van der Waals surface area contributed by atoms with Crippen molar-refractivity contribution in [3.8, 4) is 0 Å². The summed E-state index contributed by atoms with van der Waals surface area (Å²) in [5, 5.41) is 1.17. The molecule has 0 saturated heterocycles. The van der Waals surface area contributed by atoms with Crippen molar-refractivity contribution >= 4 is 40.6 Å². The summed E-state index contributed by atoms with van der Waals surface area (Å²) < 4.78 is 13.6. The Morgan fingerprint density at radius 1 is 1.00 bits per heavy atom. The van der Waals surface area contributed by atoms with Crippen LogP contribution in [0.1, 0.15) is 15.9 Å². The Morgan fingerprint density at radius 2 is 1.63 bits per heavy atom. The zero-order valence-corrected chi connectivity index (χ0v) is 11.9. The Morgan fingerprint density at radius 3 is 2.32 bits per heavy atom. The van der Waals surface area contributed by atoms with Crippen molar-refractivity contribution in [2.24, 2.45) is 0 Å². The number of carbonyl (C=O) groups is 1. The number of rotatable bonds is 3. The molecule has 0 saturated carbocycles. The van der Waals surface area contributed by atoms with Gasteiger partial charge in [-0.15, -0.1) is 0 Å². The van der Waals surface area contributed by atoms with Crippen molar-refractivity contribution < 1.29 is 9.18 Å². The van der Waals surface area contributed by atoms with Crippen LogP contribution in [0.3, 0.4) is 0 Å². The van der Waals surface area contributed by atoms with E-state index >= 15 is 0 Å². The van der Waals surface area contributed by atoms with Crippen molar-refractivity contribution in [2.45, 2.75) is 6.42 Å². The first-order valence-electron chi connectivity index (χ1n) is 5.39. The molecule has 0 bridgehead atoms. The highest BCUT2D eigenvalue weighted by Crippen LogP contribution is 2.23. The number of Topliss-reactive ketones (excluding diaryl/α,β-unsaturated/α-hetero) is 1. The zero-order chi connectivity index (χ0) is 14.0. The highest BCUT2D eigenvalue weighted by molar-refractivity contribution is 6.35. The SMILES string of the molecule is O=C(Cc1ccc(Cl)cc1Cl)c1cc(Cl)ccc1F. The van der Waals surface area contributed by atoms with Gasteiger partial charge >= 0.3 is 0 Å². The molecule has 5 heteroatoms. The predicted molar refractivity (Wildman–Crippen MR) is 75.9 cm³/mol. The monoisotopic (exact) mass is 316 g/mol. The van der Waals surface area contributed by atoms with Gasteiger partial charge in [0.15, 0.2) is 5.78 Å². The van der Waals surface area contributed by atoms with E-state index in [1.165, 1.54) is 18.2 Å². The molecule has 0 atom stereocenters. The summed E-state index contributed by atoms with van der Waals surface area (Å²) in [6.07, 6.45) is -0.00668. The van der Waals surface area contributed by atoms with Crippen LogP contribution >= 0.6 is 34.8 Å². The van der Waals surface area contributed by atoms with Gasteiger partial charge in [0.2, 0.25) is 0 Å². The van der Waals surface area contributed by atoms with E-state index in [4.69, 9.17) is 34.8 Å². The highest BCUT2D eigenvalue weighted by Gasteiger charge is 2.14. The highest BCUT2D eigenvalue weighted by atomic mass is 35.5. The second kappa shape index (κ2) is 5.91. The molecule has 0 radical (unpaired) electrons. The summed E-state index contributed by atoms with van der Waals surface area (Å²) in [5.74, 6) is -0.983. The van der Waals surface area contributed by atoms with Crippen LogP contribution in [-0.4, -0.2) is 5.78 Å². The van der Waals surface area contributed by atoms with Gasteiger partial charge in [0, 0.05) is 21.5 Å². The molecule has 2 aromatic carbocycles. The standard InChI is InChI=1S/C14H8Cl3FO/c15-9-3-4-13(18)11(6-9)14(19)5-8-1-2-10(16)7-12(8)17/h1-4,6-7H,5H2. The lowest BCUT2D eigenvalue weighted by molar-refractivity contribution is 0.0989. The van der Waals surface area contributed by atoms with Crippen molar-refractivity contribution in [2.75, 3.05) is 0 Å². The van der Waals surface area contributed by atoms with Gasteiger partial charge in [0.1, 0.15) is 5.82 Å². The summed E-state index contributed by atoms with van der Waals surface area (Å²) in [5.41, 5.74) is 0.550. The van der Waals surface area contributed by atoms with Crippen LogP contribution in [0.15, 0.2) is 36.4 Å². The number of benzene rings is 2. The fourth-order valence-corrected chi connectivity index (χ4v) is 2.29. The fraction of sp³-hybridized carbons (Fsp3) is 0.0714. The third kappa shape index (κ3) is 3.47. The molecule has 0 N–H and O–H groups in total. The fourth-order valence-electron chi connectivity index (χ4n) is 1.64. The Balaban J connectivity index is 2.28. The summed E-state index contributed by atoms with van der Waals surface area (Å²) >= 11 is 17.5. The van der Waals surface area contributed by atoms with Gasteiger partial charge in [-0.3, -0.25) is 4.79 Å². The second-order valence-corrected chi connectivity index (χ2v) is 5.24. The lowest BCUT2D eigenvalue weighted by atomic mass is 10.0. The summed E-state index contributed by atoms with van der Waals surface area (Å²) in [4.78, 5) is 12.0. The molecule has 19 heavy (non-hydrogen) atoms. The Kier molecular flexibility index (Phi) is 4.46. The molecule has 0 heterocycles. The van der Waals surface area contributed by atoms with Crippen molar-refractivity contribution in [1.82, 2.24) is 0 Å². The van der Waals surface area contributed by atoms with E-state index in [9.17, 15) is 9.18 Å². The van der Waals surface area contributed by atoms with Crippen LogP contribution in [0.4, 0.5) is 4.39 Å². The molecular weight excluding hydrogens is 310 g/mol. The van der Waals surface area contributed by atoms with Crippen LogP contribution in [-0.2, 0) is 6.42 Å². The topological polar surface area (TPSA) is 17.1 Å². The first kappa shape index (κ1) is 14.3. The van der Waals surface area contributed by atoms with E-state index in [0.717, 1.165) is 0 Å². The predicted octanol–water partition coefficient (Wildman–Crippen LogP) is 5.21. The van der Waals surface area contributed by atoms with Gasteiger partial charge in [-0.2, -0.15) is 0 Å². The number of hydrogen-bond acceptors (Lipinski definition) is 1. The third-order valence-corrected chi connectivity index (χ3v) is 3.42. The summed E-state index contributed by atoms with van der Waals surface area (Å²) in [7, 11) is 0. The Labute approximate surface area is 124 Å². The molecular formula is C14H8Cl3FO. The lowest BCUT2D eigenvalue weighted by Crippen LogP contribution is -2.06. The number of carbonyl (C=O) groups excluding carboxylic acids is 1. The molecule has 98 valence electrons. The maximum Gasteiger partial charge on any atom is 0.170 e. The van der Waals surface area contributed by atoms with E-state index in [1.807, 2.05) is 0 Å². The van der Waals surface area contributed by atoms with E-state index in [0.29, 0.717) is 20.6 Å². The van der Waals surface area contributed by atoms with Gasteiger partial charge in [-0.25, -0.2) is 4.39 Å². The largest absolute Gasteiger partial charge is 0.294 e. The molecule has 0 unspecified atom stereocenters. The third-order valence-electron chi connectivity index (χ3n) is 2.59. The van der Waals surface area contributed by atoms with Crippen molar-refractivity contribution in [1.29, 1.82) is 0 Å². The summed E-state index contributed by atoms with van der Waals surface area (Å²) in [6, 6.07) is 8.68. The molecule has 0 fully saturated rings. The van der Waals surface area contributed by atoms with E-state index in [-0.39, 0.29) is 17.8 Å². The normalized spacial score (nSPS) is 10.5. The lowest BCUT2D eigenvalue weighted by Gasteiger charge is -2.06. The molecule has 1 nitrogen and oxygen atoms in total.